The summed E-state index contributed by atoms with van der Waals surface area (Å²) in [6, 6.07) is 0. The number of halogens is 3. The standard InChI is InChI=1S/3ClH.Ir.K.6H2O/h3*1H;;;6*1H2/q;;;+3;;;;;;;/p-3. The normalized spacial score (nSPS) is 4.09. The van der Waals surface area contributed by atoms with Crippen LogP contribution < -0.4 is 0 Å². The topological polar surface area (TPSA) is 189 Å². The maximum absolute atomic E-state index is 4.97. The van der Waals surface area contributed by atoms with Crippen molar-refractivity contribution in [1.82, 2.24) is 0 Å². The maximum atomic E-state index is 4.97. The van der Waals surface area contributed by atoms with Gasteiger partial charge in [0.25, 0.3) is 0 Å². The summed E-state index contributed by atoms with van der Waals surface area (Å²) < 4.78 is 0. The third kappa shape index (κ3) is 181. The van der Waals surface area contributed by atoms with Gasteiger partial charge in [-0.3, -0.25) is 0 Å². The van der Waals surface area contributed by atoms with Gasteiger partial charge in [-0.25, -0.2) is 0 Å². The van der Waals surface area contributed by atoms with Gasteiger partial charge in [0.1, 0.15) is 0 Å². The van der Waals surface area contributed by atoms with Crippen LogP contribution in [0.5, 0.6) is 0 Å². The largest absolute Gasteiger partial charge is 0 e. The molecule has 0 aliphatic carbocycles. The van der Waals surface area contributed by atoms with Crippen molar-refractivity contribution in [1.29, 1.82) is 0 Å². The molecule has 0 spiro atoms. The molecule has 0 aliphatic heterocycles. The minimum atomic E-state index is -1.92. The SMILES string of the molecule is O.O.O.O.O.O.[Cl][Ir]([Cl])[Cl].[K]. The Hall–Kier alpha value is 2.92. The van der Waals surface area contributed by atoms with E-state index in [4.69, 9.17) is 28.8 Å². The van der Waals surface area contributed by atoms with Crippen LogP contribution in [0.4, 0.5) is 0 Å². The Kier molecular flexibility index (Phi) is 316. The van der Waals surface area contributed by atoms with Crippen molar-refractivity contribution in [2.75, 3.05) is 0 Å². The molecule has 0 rings (SSSR count). The average molecular weight is 446 g/mol. The molecule has 0 aromatic carbocycles. The number of rotatable bonds is 0. The van der Waals surface area contributed by atoms with E-state index in [1.165, 1.54) is 0 Å². The third-order valence-corrected chi connectivity index (χ3v) is 0. The van der Waals surface area contributed by atoms with Crippen molar-refractivity contribution in [2.45, 2.75) is 0 Å². The Bertz CT molecular complexity index is 22.5. The molecular weight excluding hydrogens is 434 g/mol. The van der Waals surface area contributed by atoms with Crippen molar-refractivity contribution in [2.24, 2.45) is 0 Å². The quantitative estimate of drug-likeness (QED) is 0.338. The summed E-state index contributed by atoms with van der Waals surface area (Å²) in [7, 11) is 14.9. The zero-order chi connectivity index (χ0) is 3.58. The fourth-order valence-electron chi connectivity index (χ4n) is 0. The van der Waals surface area contributed by atoms with Crippen molar-refractivity contribution in [3.8, 4) is 0 Å². The zero-order valence-corrected chi connectivity index (χ0v) is 13.3. The van der Waals surface area contributed by atoms with E-state index in [2.05, 4.69) is 0 Å². The Morgan fingerprint density at radius 2 is 0.545 bits per heavy atom. The first-order valence-electron chi connectivity index (χ1n) is 0.378. The number of hydrogen-bond donors (Lipinski definition) is 0. The van der Waals surface area contributed by atoms with Crippen molar-refractivity contribution in [3.05, 3.63) is 0 Å². The van der Waals surface area contributed by atoms with E-state index in [0.29, 0.717) is 0 Å². The van der Waals surface area contributed by atoms with Crippen LogP contribution in [0.15, 0.2) is 0 Å². The maximum Gasteiger partial charge on any atom is 0 e. The van der Waals surface area contributed by atoms with Crippen LogP contribution >= 0.6 is 28.8 Å². The van der Waals surface area contributed by atoms with Gasteiger partial charge in [0.2, 0.25) is 0 Å². The molecule has 0 amide bonds. The first kappa shape index (κ1) is 66.3. The van der Waals surface area contributed by atoms with Crippen molar-refractivity contribution in [3.63, 3.8) is 0 Å². The van der Waals surface area contributed by atoms with E-state index >= 15 is 0 Å². The van der Waals surface area contributed by atoms with E-state index < -0.39 is 13.5 Å². The Labute approximate surface area is 124 Å². The van der Waals surface area contributed by atoms with E-state index in [1.54, 1.807) is 0 Å². The van der Waals surface area contributed by atoms with Gasteiger partial charge < -0.3 is 32.9 Å². The molecular formula is H12Cl3IrKO6. The Morgan fingerprint density at radius 1 is 0.545 bits per heavy atom. The minimum absolute atomic E-state index is 0. The van der Waals surface area contributed by atoms with Crippen LogP contribution in [0.1, 0.15) is 0 Å². The molecule has 0 fully saturated rings. The second-order valence-electron chi connectivity index (χ2n) is 0.143. The van der Waals surface area contributed by atoms with Crippen LogP contribution in [0, 0.1) is 0 Å². The van der Waals surface area contributed by atoms with Gasteiger partial charge in [-0.2, -0.15) is 0 Å². The second-order valence-corrected chi connectivity index (χ2v) is 10.5. The first-order chi connectivity index (χ1) is 1.73. The molecule has 0 bridgehead atoms. The summed E-state index contributed by atoms with van der Waals surface area (Å²) in [5.74, 6) is 0. The summed E-state index contributed by atoms with van der Waals surface area (Å²) in [5.41, 5.74) is 0. The second kappa shape index (κ2) is 52.4. The van der Waals surface area contributed by atoms with E-state index in [-0.39, 0.29) is 84.2 Å². The zero-order valence-electron chi connectivity index (χ0n) is 5.47. The summed E-state index contributed by atoms with van der Waals surface area (Å²) in [6.07, 6.45) is 0. The van der Waals surface area contributed by atoms with Gasteiger partial charge in [0.05, 0.1) is 0 Å². The Balaban J connectivity index is -0.00000000214. The molecule has 12 N–H and O–H groups in total. The van der Waals surface area contributed by atoms with E-state index in [9.17, 15) is 0 Å². The molecule has 0 saturated heterocycles. The summed E-state index contributed by atoms with van der Waals surface area (Å²) in [5, 5.41) is 0. The fourth-order valence-corrected chi connectivity index (χ4v) is 0. The van der Waals surface area contributed by atoms with Gasteiger partial charge in [-0.1, -0.05) is 0 Å². The Morgan fingerprint density at radius 3 is 0.545 bits per heavy atom. The predicted octanol–water partition coefficient (Wildman–Crippen LogP) is -3.26. The molecule has 0 heterocycles. The molecule has 0 atom stereocenters. The molecule has 11 heteroatoms. The van der Waals surface area contributed by atoms with Crippen LogP contribution in [0.2, 0.25) is 0 Å². The first-order valence-corrected chi connectivity index (χ1v) is 9.28. The summed E-state index contributed by atoms with van der Waals surface area (Å²) in [6.45, 7) is 0. The van der Waals surface area contributed by atoms with Crippen molar-refractivity contribution >= 4 is 80.1 Å². The van der Waals surface area contributed by atoms with Gasteiger partial charge in [-0.15, -0.1) is 0 Å². The van der Waals surface area contributed by atoms with Gasteiger partial charge in [0.15, 0.2) is 0 Å². The number of hydrogen-bond acceptors (Lipinski definition) is 0. The monoisotopic (exact) mass is 445 g/mol. The molecule has 11 heavy (non-hydrogen) atoms. The third-order valence-electron chi connectivity index (χ3n) is 0. The van der Waals surface area contributed by atoms with Gasteiger partial charge >= 0.3 is 42.2 Å². The molecule has 0 unspecified atom stereocenters. The summed E-state index contributed by atoms with van der Waals surface area (Å²) >= 11 is -1.92. The van der Waals surface area contributed by atoms with Gasteiger partial charge in [-0.05, 0) is 0 Å². The van der Waals surface area contributed by atoms with Crippen LogP contribution in [0.3, 0.4) is 0 Å². The summed E-state index contributed by atoms with van der Waals surface area (Å²) in [4.78, 5) is 0. The van der Waals surface area contributed by atoms with Crippen LogP contribution in [-0.2, 0) is 13.5 Å². The predicted molar refractivity (Wildman–Crippen MR) is 45.0 cm³/mol. The van der Waals surface area contributed by atoms with Crippen LogP contribution in [0.25, 0.3) is 0 Å². The molecule has 0 aliphatic rings. The average Bonchev–Trinajstić information content (AvgIpc) is 0.811. The van der Waals surface area contributed by atoms with E-state index in [1.807, 2.05) is 0 Å². The molecule has 6 nitrogen and oxygen atoms in total. The van der Waals surface area contributed by atoms with Gasteiger partial charge in [0, 0.05) is 51.4 Å². The molecule has 1 radical (unpaired) electrons. The molecule has 0 aromatic rings. The minimum Gasteiger partial charge on any atom is 0 e. The smallest absolute Gasteiger partial charge is 0 e. The fraction of sp³-hybridized carbons (Fsp3) is 0. The van der Waals surface area contributed by atoms with E-state index in [0.717, 1.165) is 0 Å². The molecule has 0 aromatic heterocycles. The van der Waals surface area contributed by atoms with Crippen molar-refractivity contribution < 1.29 is 46.3 Å². The molecule has 79 valence electrons. The van der Waals surface area contributed by atoms with Crippen LogP contribution in [-0.4, -0.2) is 84.2 Å². The molecule has 0 saturated carbocycles.